The Bertz CT molecular complexity index is 523. The number of nitrogen functional groups attached to an aromatic ring is 1. The highest BCUT2D eigenvalue weighted by Gasteiger charge is 2.07. The molecule has 2 aromatic carbocycles. The van der Waals surface area contributed by atoms with Crippen molar-refractivity contribution in [2.75, 3.05) is 12.3 Å². The summed E-state index contributed by atoms with van der Waals surface area (Å²) in [4.78, 5) is 0. The van der Waals surface area contributed by atoms with Gasteiger partial charge in [-0.15, -0.1) is 0 Å². The zero-order valence-electron chi connectivity index (χ0n) is 11.0. The molecule has 0 aliphatic carbocycles. The second-order valence-electron chi connectivity index (χ2n) is 4.55. The molecule has 3 N–H and O–H groups in total. The van der Waals surface area contributed by atoms with E-state index in [0.29, 0.717) is 6.42 Å². The van der Waals surface area contributed by atoms with Gasteiger partial charge in [-0.2, -0.15) is 0 Å². The van der Waals surface area contributed by atoms with E-state index in [4.69, 9.17) is 15.6 Å². The van der Waals surface area contributed by atoms with E-state index in [2.05, 4.69) is 0 Å². The van der Waals surface area contributed by atoms with Crippen LogP contribution in [0.15, 0.2) is 48.5 Å². The van der Waals surface area contributed by atoms with E-state index in [-0.39, 0.29) is 12.7 Å². The molecule has 0 heterocycles. The van der Waals surface area contributed by atoms with Gasteiger partial charge in [0.15, 0.2) is 0 Å². The number of aliphatic hydroxyl groups excluding tert-OH is 1. The molecule has 19 heavy (non-hydrogen) atoms. The van der Waals surface area contributed by atoms with Crippen LogP contribution in [0.1, 0.15) is 24.2 Å². The molecule has 0 aromatic heterocycles. The van der Waals surface area contributed by atoms with Gasteiger partial charge < -0.3 is 15.6 Å². The monoisotopic (exact) mass is 257 g/mol. The third-order valence-corrected chi connectivity index (χ3v) is 3.02. The van der Waals surface area contributed by atoms with Gasteiger partial charge in [0.25, 0.3) is 0 Å². The van der Waals surface area contributed by atoms with Crippen LogP contribution in [0.25, 0.3) is 0 Å². The number of hydrogen-bond donors (Lipinski definition) is 2. The molecule has 2 rings (SSSR count). The van der Waals surface area contributed by atoms with E-state index in [1.165, 1.54) is 0 Å². The van der Waals surface area contributed by atoms with Crippen molar-refractivity contribution in [3.63, 3.8) is 0 Å². The molecule has 0 amide bonds. The second kappa shape index (κ2) is 6.25. The number of nitrogens with two attached hydrogens (primary N) is 1. The number of benzene rings is 2. The summed E-state index contributed by atoms with van der Waals surface area (Å²) in [6.07, 6.45) is 0.623. The van der Waals surface area contributed by atoms with Crippen molar-refractivity contribution in [2.45, 2.75) is 19.4 Å². The summed E-state index contributed by atoms with van der Waals surface area (Å²) in [5.41, 5.74) is 8.66. The Morgan fingerprint density at radius 3 is 2.53 bits per heavy atom. The van der Waals surface area contributed by atoms with Gasteiger partial charge in [0.05, 0.1) is 0 Å². The molecule has 0 aliphatic rings. The highest BCUT2D eigenvalue weighted by Crippen LogP contribution is 2.23. The van der Waals surface area contributed by atoms with Gasteiger partial charge in [-0.25, -0.2) is 0 Å². The number of aliphatic hydroxyl groups is 1. The number of rotatable bonds is 5. The van der Waals surface area contributed by atoms with E-state index in [0.717, 1.165) is 22.6 Å². The molecule has 0 radical (unpaired) electrons. The lowest BCUT2D eigenvalue weighted by Gasteiger charge is -2.15. The van der Waals surface area contributed by atoms with Gasteiger partial charge in [-0.1, -0.05) is 24.3 Å². The van der Waals surface area contributed by atoms with Gasteiger partial charge in [0.1, 0.15) is 11.9 Å². The van der Waals surface area contributed by atoms with Crippen LogP contribution in [-0.4, -0.2) is 11.7 Å². The molecule has 3 heteroatoms. The van der Waals surface area contributed by atoms with E-state index < -0.39 is 0 Å². The van der Waals surface area contributed by atoms with Crippen molar-refractivity contribution in [1.29, 1.82) is 0 Å². The maximum atomic E-state index is 8.87. The maximum absolute atomic E-state index is 8.87. The first-order valence-corrected chi connectivity index (χ1v) is 6.41. The largest absolute Gasteiger partial charge is 0.486 e. The topological polar surface area (TPSA) is 55.5 Å². The lowest BCUT2D eigenvalue weighted by molar-refractivity contribution is 0.227. The summed E-state index contributed by atoms with van der Waals surface area (Å²) in [6.45, 7) is 2.16. The van der Waals surface area contributed by atoms with Crippen molar-refractivity contribution in [3.8, 4) is 5.75 Å². The summed E-state index contributed by atoms with van der Waals surface area (Å²) < 4.78 is 5.87. The van der Waals surface area contributed by atoms with Crippen LogP contribution in [0.5, 0.6) is 5.75 Å². The fourth-order valence-electron chi connectivity index (χ4n) is 1.95. The predicted molar refractivity (Wildman–Crippen MR) is 77.1 cm³/mol. The first kappa shape index (κ1) is 13.4. The molecule has 3 nitrogen and oxygen atoms in total. The Morgan fingerprint density at radius 1 is 1.16 bits per heavy atom. The normalized spacial score (nSPS) is 12.1. The number of ether oxygens (including phenoxy) is 1. The minimum Gasteiger partial charge on any atom is -0.486 e. The molecular weight excluding hydrogens is 238 g/mol. The fraction of sp³-hybridized carbons (Fsp3) is 0.250. The summed E-state index contributed by atoms with van der Waals surface area (Å²) >= 11 is 0. The van der Waals surface area contributed by atoms with Crippen LogP contribution in [0.4, 0.5) is 5.69 Å². The summed E-state index contributed by atoms with van der Waals surface area (Å²) in [5, 5.41) is 8.87. The SMILES string of the molecule is CC(Oc1ccc(CCO)cc1)c1cccc(N)c1. The van der Waals surface area contributed by atoms with E-state index in [1.54, 1.807) is 0 Å². The van der Waals surface area contributed by atoms with Crippen molar-refractivity contribution in [2.24, 2.45) is 0 Å². The molecule has 0 aliphatic heterocycles. The molecule has 2 aromatic rings. The minimum absolute atomic E-state index is 0.0489. The molecule has 0 saturated heterocycles. The third-order valence-electron chi connectivity index (χ3n) is 3.02. The smallest absolute Gasteiger partial charge is 0.121 e. The predicted octanol–water partition coefficient (Wildman–Crippen LogP) is 2.94. The molecule has 0 spiro atoms. The molecular formula is C16H19NO2. The van der Waals surface area contributed by atoms with E-state index in [9.17, 15) is 0 Å². The van der Waals surface area contributed by atoms with Crippen LogP contribution in [0.2, 0.25) is 0 Å². The van der Waals surface area contributed by atoms with E-state index in [1.807, 2.05) is 55.5 Å². The molecule has 1 unspecified atom stereocenters. The first-order chi connectivity index (χ1) is 9.19. The van der Waals surface area contributed by atoms with Crippen LogP contribution < -0.4 is 10.5 Å². The Labute approximate surface area is 113 Å². The van der Waals surface area contributed by atoms with Crippen LogP contribution in [0, 0.1) is 0 Å². The van der Waals surface area contributed by atoms with Gasteiger partial charge >= 0.3 is 0 Å². The third kappa shape index (κ3) is 3.73. The van der Waals surface area contributed by atoms with Crippen LogP contribution in [-0.2, 0) is 6.42 Å². The Morgan fingerprint density at radius 2 is 1.89 bits per heavy atom. The Kier molecular flexibility index (Phi) is 4.42. The highest BCUT2D eigenvalue weighted by atomic mass is 16.5. The average Bonchev–Trinajstić information content (AvgIpc) is 2.41. The number of hydrogen-bond acceptors (Lipinski definition) is 3. The van der Waals surface area contributed by atoms with Crippen LogP contribution >= 0.6 is 0 Å². The summed E-state index contributed by atoms with van der Waals surface area (Å²) in [5.74, 6) is 0.816. The van der Waals surface area contributed by atoms with Crippen molar-refractivity contribution in [3.05, 3.63) is 59.7 Å². The van der Waals surface area contributed by atoms with Gasteiger partial charge in [-0.3, -0.25) is 0 Å². The van der Waals surface area contributed by atoms with Crippen molar-refractivity contribution in [1.82, 2.24) is 0 Å². The summed E-state index contributed by atoms with van der Waals surface area (Å²) in [6, 6.07) is 15.5. The first-order valence-electron chi connectivity index (χ1n) is 6.41. The molecule has 0 bridgehead atoms. The molecule has 100 valence electrons. The standard InChI is InChI=1S/C16H19NO2/c1-12(14-3-2-4-15(17)11-14)19-16-7-5-13(6-8-16)9-10-18/h2-8,11-12,18H,9-10,17H2,1H3. The van der Waals surface area contributed by atoms with Gasteiger partial charge in [-0.05, 0) is 48.7 Å². The fourth-order valence-corrected chi connectivity index (χ4v) is 1.95. The average molecular weight is 257 g/mol. The molecule has 0 saturated carbocycles. The minimum atomic E-state index is -0.0489. The maximum Gasteiger partial charge on any atom is 0.121 e. The van der Waals surface area contributed by atoms with Gasteiger partial charge in [0, 0.05) is 12.3 Å². The lowest BCUT2D eigenvalue weighted by Crippen LogP contribution is -2.03. The van der Waals surface area contributed by atoms with Crippen molar-refractivity contribution < 1.29 is 9.84 Å². The van der Waals surface area contributed by atoms with Gasteiger partial charge in [0.2, 0.25) is 0 Å². The summed E-state index contributed by atoms with van der Waals surface area (Å²) in [7, 11) is 0. The number of anilines is 1. The van der Waals surface area contributed by atoms with E-state index >= 15 is 0 Å². The van der Waals surface area contributed by atoms with Crippen molar-refractivity contribution >= 4 is 5.69 Å². The Hall–Kier alpha value is -2.00. The highest BCUT2D eigenvalue weighted by molar-refractivity contribution is 5.41. The zero-order chi connectivity index (χ0) is 13.7. The second-order valence-corrected chi connectivity index (χ2v) is 4.55. The Balaban J connectivity index is 2.04. The zero-order valence-corrected chi connectivity index (χ0v) is 11.0. The quantitative estimate of drug-likeness (QED) is 0.810. The van der Waals surface area contributed by atoms with Crippen LogP contribution in [0.3, 0.4) is 0 Å². The molecule has 0 fully saturated rings. The lowest BCUT2D eigenvalue weighted by atomic mass is 10.1. The molecule has 1 atom stereocenters.